The fourth-order valence-corrected chi connectivity index (χ4v) is 3.30. The largest absolute Gasteiger partial charge is 0.481 e. The quantitative estimate of drug-likeness (QED) is 0.786. The van der Waals surface area contributed by atoms with Crippen LogP contribution in [0.15, 0.2) is 24.3 Å². The molecule has 0 saturated carbocycles. The number of methoxy groups -OCH3 is 1. The summed E-state index contributed by atoms with van der Waals surface area (Å²) in [6.45, 7) is 2.77. The molecule has 1 N–H and O–H groups in total. The minimum Gasteiger partial charge on any atom is -0.481 e. The van der Waals surface area contributed by atoms with Crippen molar-refractivity contribution in [3.05, 3.63) is 35.5 Å². The van der Waals surface area contributed by atoms with Gasteiger partial charge in [0, 0.05) is 13.6 Å². The van der Waals surface area contributed by atoms with Crippen molar-refractivity contribution in [3.8, 4) is 5.88 Å². The second-order valence-corrected chi connectivity index (χ2v) is 5.78. The zero-order valence-corrected chi connectivity index (χ0v) is 13.2. The minimum atomic E-state index is 0.667. The molecule has 0 bridgehead atoms. The van der Waals surface area contributed by atoms with Crippen LogP contribution in [0.1, 0.15) is 18.2 Å². The van der Waals surface area contributed by atoms with E-state index in [1.807, 2.05) is 25.2 Å². The lowest BCUT2D eigenvalue weighted by Crippen LogP contribution is -2.03. The number of anilines is 1. The van der Waals surface area contributed by atoms with Gasteiger partial charge in [0.25, 0.3) is 0 Å². The van der Waals surface area contributed by atoms with Crippen LogP contribution in [0.3, 0.4) is 0 Å². The van der Waals surface area contributed by atoms with Gasteiger partial charge < -0.3 is 10.1 Å². The lowest BCUT2D eigenvalue weighted by atomic mass is 10.2. The van der Waals surface area contributed by atoms with E-state index >= 15 is 0 Å². The van der Waals surface area contributed by atoms with E-state index in [4.69, 9.17) is 4.74 Å². The van der Waals surface area contributed by atoms with Crippen molar-refractivity contribution in [1.29, 1.82) is 0 Å². The van der Waals surface area contributed by atoms with E-state index in [0.29, 0.717) is 6.54 Å². The molecule has 3 aromatic rings. The van der Waals surface area contributed by atoms with E-state index in [9.17, 15) is 0 Å². The molecule has 0 aliphatic carbocycles. The van der Waals surface area contributed by atoms with Gasteiger partial charge in [-0.15, -0.1) is 0 Å². The van der Waals surface area contributed by atoms with Crippen LogP contribution in [0.25, 0.3) is 10.2 Å². The van der Waals surface area contributed by atoms with Crippen LogP contribution in [0.5, 0.6) is 5.88 Å². The lowest BCUT2D eigenvalue weighted by molar-refractivity contribution is 0.370. The first kappa shape index (κ1) is 13.9. The maximum absolute atomic E-state index is 5.45. The van der Waals surface area contributed by atoms with Gasteiger partial charge in [0.15, 0.2) is 5.13 Å². The van der Waals surface area contributed by atoms with Gasteiger partial charge in [0.05, 0.1) is 28.6 Å². The Balaban J connectivity index is 1.84. The number of rotatable bonds is 5. The summed E-state index contributed by atoms with van der Waals surface area (Å²) in [5.74, 6) is 0.806. The molecule has 0 spiro atoms. The lowest BCUT2D eigenvalue weighted by Gasteiger charge is -2.06. The SMILES string of the molecule is CCc1nn(C)c(OC)c1CNc1nc2ccccc2s1. The first-order chi connectivity index (χ1) is 10.2. The molecule has 0 amide bonds. The molecule has 0 atom stereocenters. The van der Waals surface area contributed by atoms with Gasteiger partial charge in [-0.1, -0.05) is 30.4 Å². The first-order valence-corrected chi connectivity index (χ1v) is 7.72. The van der Waals surface area contributed by atoms with Crippen LogP contribution < -0.4 is 10.1 Å². The first-order valence-electron chi connectivity index (χ1n) is 6.91. The molecule has 21 heavy (non-hydrogen) atoms. The Hall–Kier alpha value is -2.08. The topological polar surface area (TPSA) is 52.0 Å². The van der Waals surface area contributed by atoms with E-state index < -0.39 is 0 Å². The van der Waals surface area contributed by atoms with E-state index in [1.54, 1.807) is 23.1 Å². The molecule has 0 unspecified atom stereocenters. The monoisotopic (exact) mass is 302 g/mol. The van der Waals surface area contributed by atoms with Crippen LogP contribution in [0.2, 0.25) is 0 Å². The number of nitrogens with zero attached hydrogens (tertiary/aromatic N) is 3. The van der Waals surface area contributed by atoms with Crippen molar-refractivity contribution in [1.82, 2.24) is 14.8 Å². The summed E-state index contributed by atoms with van der Waals surface area (Å²) in [5, 5.41) is 8.80. The summed E-state index contributed by atoms with van der Waals surface area (Å²) >= 11 is 1.66. The zero-order valence-electron chi connectivity index (χ0n) is 12.4. The van der Waals surface area contributed by atoms with E-state index in [0.717, 1.165) is 34.2 Å². The molecule has 0 fully saturated rings. The van der Waals surface area contributed by atoms with Crippen molar-refractivity contribution in [3.63, 3.8) is 0 Å². The summed E-state index contributed by atoms with van der Waals surface area (Å²) in [5.41, 5.74) is 3.18. The summed E-state index contributed by atoms with van der Waals surface area (Å²) in [6.07, 6.45) is 0.883. The third kappa shape index (κ3) is 2.58. The molecule has 0 aliphatic heterocycles. The van der Waals surface area contributed by atoms with Gasteiger partial charge in [-0.05, 0) is 18.6 Å². The average Bonchev–Trinajstić information content (AvgIpc) is 3.04. The molecule has 3 rings (SSSR count). The van der Waals surface area contributed by atoms with Crippen molar-refractivity contribution < 1.29 is 4.74 Å². The summed E-state index contributed by atoms with van der Waals surface area (Å²) < 4.78 is 8.42. The van der Waals surface area contributed by atoms with Gasteiger partial charge in [-0.25, -0.2) is 9.67 Å². The number of fused-ring (bicyclic) bond motifs is 1. The fourth-order valence-electron chi connectivity index (χ4n) is 2.43. The predicted octanol–water partition coefficient (Wildman–Crippen LogP) is 3.21. The highest BCUT2D eigenvalue weighted by Gasteiger charge is 2.15. The molecule has 110 valence electrons. The normalized spacial score (nSPS) is 11.0. The number of para-hydroxylation sites is 1. The number of nitrogens with one attached hydrogen (secondary N) is 1. The number of thiazole rings is 1. The molecular weight excluding hydrogens is 284 g/mol. The number of hydrogen-bond acceptors (Lipinski definition) is 5. The molecule has 2 aromatic heterocycles. The third-order valence-electron chi connectivity index (χ3n) is 3.41. The summed E-state index contributed by atoms with van der Waals surface area (Å²) in [6, 6.07) is 8.15. The Kier molecular flexibility index (Phi) is 3.79. The fraction of sp³-hybridized carbons (Fsp3) is 0.333. The van der Waals surface area contributed by atoms with Gasteiger partial charge in [0.1, 0.15) is 0 Å². The summed E-state index contributed by atoms with van der Waals surface area (Å²) in [7, 11) is 3.58. The molecular formula is C15H18N4OS. The van der Waals surface area contributed by atoms with Crippen LogP contribution in [0, 0.1) is 0 Å². The van der Waals surface area contributed by atoms with E-state index in [2.05, 4.69) is 28.4 Å². The maximum Gasteiger partial charge on any atom is 0.216 e. The number of benzene rings is 1. The Bertz CT molecular complexity index is 729. The van der Waals surface area contributed by atoms with Crippen LogP contribution in [-0.2, 0) is 20.0 Å². The average molecular weight is 302 g/mol. The standard InChI is InChI=1S/C15H18N4OS/c1-4-11-10(14(20-3)19(2)18-11)9-16-15-17-12-7-5-6-8-13(12)21-15/h5-8H,4,9H2,1-3H3,(H,16,17). The van der Waals surface area contributed by atoms with Crippen molar-refractivity contribution in [2.75, 3.05) is 12.4 Å². The number of aryl methyl sites for hydroxylation is 2. The smallest absolute Gasteiger partial charge is 0.216 e. The maximum atomic E-state index is 5.45. The molecule has 0 saturated heterocycles. The zero-order chi connectivity index (χ0) is 14.8. The predicted molar refractivity (Wildman–Crippen MR) is 86.1 cm³/mol. The Morgan fingerprint density at radius 3 is 2.86 bits per heavy atom. The highest BCUT2D eigenvalue weighted by Crippen LogP contribution is 2.28. The minimum absolute atomic E-state index is 0.667. The van der Waals surface area contributed by atoms with Crippen LogP contribution in [-0.4, -0.2) is 21.9 Å². The van der Waals surface area contributed by atoms with Gasteiger partial charge in [-0.2, -0.15) is 5.10 Å². The van der Waals surface area contributed by atoms with E-state index in [1.165, 1.54) is 4.70 Å². The van der Waals surface area contributed by atoms with Crippen molar-refractivity contribution in [2.45, 2.75) is 19.9 Å². The number of hydrogen-bond donors (Lipinski definition) is 1. The van der Waals surface area contributed by atoms with Gasteiger partial charge in [-0.3, -0.25) is 0 Å². The number of aromatic nitrogens is 3. The molecule has 1 aromatic carbocycles. The third-order valence-corrected chi connectivity index (χ3v) is 4.40. The molecule has 5 nitrogen and oxygen atoms in total. The Labute approximate surface area is 127 Å². The Morgan fingerprint density at radius 2 is 2.14 bits per heavy atom. The summed E-state index contributed by atoms with van der Waals surface area (Å²) in [4.78, 5) is 4.58. The van der Waals surface area contributed by atoms with Crippen molar-refractivity contribution >= 4 is 26.7 Å². The second kappa shape index (κ2) is 5.73. The van der Waals surface area contributed by atoms with Gasteiger partial charge >= 0.3 is 0 Å². The van der Waals surface area contributed by atoms with Crippen LogP contribution in [0.4, 0.5) is 5.13 Å². The second-order valence-electron chi connectivity index (χ2n) is 4.75. The van der Waals surface area contributed by atoms with E-state index in [-0.39, 0.29) is 0 Å². The molecule has 0 aliphatic rings. The van der Waals surface area contributed by atoms with Crippen molar-refractivity contribution in [2.24, 2.45) is 7.05 Å². The van der Waals surface area contributed by atoms with Crippen LogP contribution >= 0.6 is 11.3 Å². The number of ether oxygens (including phenoxy) is 1. The molecule has 6 heteroatoms. The highest BCUT2D eigenvalue weighted by atomic mass is 32.1. The molecule has 2 heterocycles. The Morgan fingerprint density at radius 1 is 1.33 bits per heavy atom. The highest BCUT2D eigenvalue weighted by molar-refractivity contribution is 7.22. The molecule has 0 radical (unpaired) electrons. The van der Waals surface area contributed by atoms with Gasteiger partial charge in [0.2, 0.25) is 5.88 Å².